The van der Waals surface area contributed by atoms with Crippen LogP contribution in [0.4, 0.5) is 11.4 Å². The normalized spacial score (nSPS) is 22.9. The second kappa shape index (κ2) is 7.30. The second-order valence-electron chi connectivity index (χ2n) is 9.26. The number of benzene rings is 4. The zero-order valence-electron chi connectivity index (χ0n) is 19.7. The van der Waals surface area contributed by atoms with Crippen LogP contribution in [-0.4, -0.2) is 24.8 Å². The molecule has 4 aromatic carbocycles. The van der Waals surface area contributed by atoms with E-state index in [0.717, 1.165) is 5.39 Å². The summed E-state index contributed by atoms with van der Waals surface area (Å²) in [5.74, 6) is -1.68. The van der Waals surface area contributed by atoms with Gasteiger partial charge in [-0.25, -0.2) is 4.79 Å². The Labute approximate surface area is 211 Å². The summed E-state index contributed by atoms with van der Waals surface area (Å²) in [5.41, 5.74) is -1.18. The summed E-state index contributed by atoms with van der Waals surface area (Å²) in [4.78, 5) is 42.4. The van der Waals surface area contributed by atoms with Crippen LogP contribution < -0.4 is 10.6 Å². The number of anilines is 2. The van der Waals surface area contributed by atoms with Crippen LogP contribution >= 0.6 is 0 Å². The third-order valence-electron chi connectivity index (χ3n) is 7.57. The maximum atomic E-state index is 14.6. The highest BCUT2D eigenvalue weighted by Crippen LogP contribution is 2.65. The van der Waals surface area contributed by atoms with Crippen molar-refractivity contribution in [3.05, 3.63) is 119 Å². The van der Waals surface area contributed by atoms with Crippen LogP contribution in [0.5, 0.6) is 0 Å². The van der Waals surface area contributed by atoms with Gasteiger partial charge in [-0.1, -0.05) is 72.8 Å². The van der Waals surface area contributed by atoms with E-state index >= 15 is 0 Å². The molecule has 0 saturated carbocycles. The molecular weight excluding hydrogens is 468 g/mol. The van der Waals surface area contributed by atoms with Gasteiger partial charge in [0.25, 0.3) is 0 Å². The van der Waals surface area contributed by atoms with Crippen molar-refractivity contribution in [1.29, 1.82) is 0 Å². The van der Waals surface area contributed by atoms with Gasteiger partial charge in [0.1, 0.15) is 5.57 Å². The fraction of sp³-hybridized carbons (Fsp3) is 0.100. The van der Waals surface area contributed by atoms with E-state index in [9.17, 15) is 14.4 Å². The highest BCUT2D eigenvalue weighted by atomic mass is 16.5. The highest BCUT2D eigenvalue weighted by Gasteiger charge is 2.77. The Bertz CT molecular complexity index is 1700. The van der Waals surface area contributed by atoms with Crippen LogP contribution in [0.1, 0.15) is 21.5 Å². The van der Waals surface area contributed by atoms with Crippen molar-refractivity contribution in [2.45, 2.75) is 11.0 Å². The molecule has 2 unspecified atom stereocenters. The Morgan fingerprint density at radius 1 is 0.865 bits per heavy atom. The number of ether oxygens (including phenoxy) is 2. The third-order valence-corrected chi connectivity index (χ3v) is 7.57. The lowest BCUT2D eigenvalue weighted by molar-refractivity contribution is -0.139. The molecule has 0 aromatic heterocycles. The van der Waals surface area contributed by atoms with E-state index < -0.39 is 28.7 Å². The quantitative estimate of drug-likeness (QED) is 0.408. The van der Waals surface area contributed by atoms with Crippen LogP contribution in [0.15, 0.2) is 102 Å². The van der Waals surface area contributed by atoms with Gasteiger partial charge in [0.2, 0.25) is 23.2 Å². The molecule has 7 heteroatoms. The number of para-hydroxylation sites is 2. The van der Waals surface area contributed by atoms with Crippen molar-refractivity contribution in [3.63, 3.8) is 0 Å². The Hall–Kier alpha value is -4.91. The van der Waals surface area contributed by atoms with E-state index in [1.54, 1.807) is 54.6 Å². The Morgan fingerprint density at radius 3 is 2.35 bits per heavy atom. The molecule has 0 saturated heterocycles. The molecular formula is C30H20N2O5. The lowest BCUT2D eigenvalue weighted by Gasteiger charge is -2.38. The molecule has 0 fully saturated rings. The van der Waals surface area contributed by atoms with Crippen molar-refractivity contribution in [1.82, 2.24) is 0 Å². The predicted octanol–water partition coefficient (Wildman–Crippen LogP) is 4.65. The molecule has 7 rings (SSSR count). The number of methoxy groups -OCH3 is 1. The summed E-state index contributed by atoms with van der Waals surface area (Å²) in [7, 11) is 1.25. The number of fused-ring (bicyclic) bond motifs is 4. The number of ketones is 1. The lowest BCUT2D eigenvalue weighted by atomic mass is 9.61. The third kappa shape index (κ3) is 2.43. The van der Waals surface area contributed by atoms with Crippen LogP contribution in [0, 0.1) is 0 Å². The fourth-order valence-electron chi connectivity index (χ4n) is 6.18. The number of rotatable bonds is 3. The number of carbonyl (C=O) groups excluding carboxylic acids is 3. The predicted molar refractivity (Wildman–Crippen MR) is 137 cm³/mol. The number of carbonyl (C=O) groups is 3. The molecule has 2 heterocycles. The first-order chi connectivity index (χ1) is 18.0. The van der Waals surface area contributed by atoms with Gasteiger partial charge in [-0.3, -0.25) is 9.59 Å². The van der Waals surface area contributed by atoms with Crippen molar-refractivity contribution >= 4 is 39.8 Å². The van der Waals surface area contributed by atoms with Gasteiger partial charge in [0.05, 0.1) is 7.11 Å². The first kappa shape index (κ1) is 21.4. The summed E-state index contributed by atoms with van der Waals surface area (Å²) in [6.45, 7) is 0. The maximum absolute atomic E-state index is 14.6. The molecule has 180 valence electrons. The second-order valence-corrected chi connectivity index (χ2v) is 9.26. The van der Waals surface area contributed by atoms with E-state index in [2.05, 4.69) is 10.6 Å². The fourth-order valence-corrected chi connectivity index (χ4v) is 6.18. The van der Waals surface area contributed by atoms with Crippen LogP contribution in [0.2, 0.25) is 0 Å². The lowest BCUT2D eigenvalue weighted by Crippen LogP contribution is -2.56. The molecule has 1 amide bonds. The van der Waals surface area contributed by atoms with Gasteiger partial charge in [-0.2, -0.15) is 0 Å². The van der Waals surface area contributed by atoms with Crippen molar-refractivity contribution < 1.29 is 23.9 Å². The zero-order chi connectivity index (χ0) is 25.4. The molecule has 7 nitrogen and oxygen atoms in total. The summed E-state index contributed by atoms with van der Waals surface area (Å²) >= 11 is 0. The molecule has 4 aromatic rings. The minimum atomic E-state index is -1.87. The van der Waals surface area contributed by atoms with Crippen LogP contribution in [-0.2, 0) is 30.1 Å². The van der Waals surface area contributed by atoms with E-state index in [1.807, 2.05) is 36.4 Å². The highest BCUT2D eigenvalue weighted by molar-refractivity contribution is 6.27. The smallest absolute Gasteiger partial charge is 0.340 e. The topological polar surface area (TPSA) is 93.7 Å². The van der Waals surface area contributed by atoms with E-state index in [0.29, 0.717) is 33.5 Å². The van der Waals surface area contributed by atoms with Gasteiger partial charge in [-0.05, 0) is 23.6 Å². The zero-order valence-corrected chi connectivity index (χ0v) is 19.7. The largest absolute Gasteiger partial charge is 0.465 e. The standard InChI is InChI=1S/C30H20N2O5/c1-36-27(34)24-26(31-18-11-3-2-4-12-18)37-30(29(24)20-14-5-6-16-22(20)32-28(29)35)21-15-8-10-17-9-7-13-19(23(17)21)25(30)33/h2-16,31H,1H3,(H,32,35). The average molecular weight is 488 g/mol. The molecule has 2 N–H and O–H groups in total. The van der Waals surface area contributed by atoms with Crippen LogP contribution in [0.25, 0.3) is 10.8 Å². The van der Waals surface area contributed by atoms with Gasteiger partial charge in [0, 0.05) is 33.5 Å². The van der Waals surface area contributed by atoms with Gasteiger partial charge < -0.3 is 20.1 Å². The molecule has 2 atom stereocenters. The summed E-state index contributed by atoms with van der Waals surface area (Å²) < 4.78 is 11.9. The number of amides is 1. The molecule has 0 bridgehead atoms. The number of esters is 1. The Kier molecular flexibility index (Phi) is 4.22. The molecule has 2 aliphatic heterocycles. The molecule has 2 spiro atoms. The number of hydrogen-bond donors (Lipinski definition) is 2. The molecule has 3 aliphatic rings. The number of nitrogens with one attached hydrogen (secondary N) is 2. The van der Waals surface area contributed by atoms with E-state index in [1.165, 1.54) is 7.11 Å². The number of hydrogen-bond acceptors (Lipinski definition) is 6. The first-order valence-electron chi connectivity index (χ1n) is 11.9. The summed E-state index contributed by atoms with van der Waals surface area (Å²) in [6, 6.07) is 27.2. The van der Waals surface area contributed by atoms with Gasteiger partial charge in [0.15, 0.2) is 5.41 Å². The van der Waals surface area contributed by atoms with Crippen molar-refractivity contribution in [2.75, 3.05) is 17.7 Å². The minimum Gasteiger partial charge on any atom is -0.465 e. The maximum Gasteiger partial charge on any atom is 0.340 e. The molecule has 37 heavy (non-hydrogen) atoms. The Balaban J connectivity index is 1.62. The Morgan fingerprint density at radius 2 is 1.57 bits per heavy atom. The minimum absolute atomic E-state index is 0.00284. The van der Waals surface area contributed by atoms with Gasteiger partial charge >= 0.3 is 5.97 Å². The van der Waals surface area contributed by atoms with Crippen molar-refractivity contribution in [2.24, 2.45) is 0 Å². The monoisotopic (exact) mass is 488 g/mol. The van der Waals surface area contributed by atoms with Crippen LogP contribution in [0.3, 0.4) is 0 Å². The van der Waals surface area contributed by atoms with Gasteiger partial charge in [-0.15, -0.1) is 0 Å². The SMILES string of the molecule is COC(=O)C1=C(Nc2ccccc2)OC2(C(=O)c3cccc4cccc2c34)C12C(=O)Nc1ccccc12. The van der Waals surface area contributed by atoms with Crippen molar-refractivity contribution in [3.8, 4) is 0 Å². The molecule has 0 radical (unpaired) electrons. The average Bonchev–Trinajstić information content (AvgIpc) is 3.49. The summed E-state index contributed by atoms with van der Waals surface area (Å²) in [5, 5.41) is 7.62. The van der Waals surface area contributed by atoms with E-state index in [4.69, 9.17) is 9.47 Å². The van der Waals surface area contributed by atoms with E-state index in [-0.39, 0.29) is 11.5 Å². The molecule has 1 aliphatic carbocycles. The first-order valence-corrected chi connectivity index (χ1v) is 11.9. The number of Topliss-reactive ketones (excluding diaryl/α,β-unsaturated/α-hetero) is 1. The summed E-state index contributed by atoms with van der Waals surface area (Å²) in [6.07, 6.45) is 0.